The smallest absolute Gasteiger partial charge is 0.277 e. The average molecular weight is 487 g/mol. The molecule has 36 heavy (non-hydrogen) atoms. The SMILES string of the molecule is COc1ccc([C@@H](C)NC(=O)c2ccc(Cn3ccn4nc5c(c4c3=O)CCCC5)cc2)cc1OC. The van der Waals surface area contributed by atoms with Gasteiger partial charge in [-0.05, 0) is 68.0 Å². The van der Waals surface area contributed by atoms with Gasteiger partial charge in [0.1, 0.15) is 5.52 Å². The molecule has 0 saturated carbocycles. The fourth-order valence-corrected chi connectivity index (χ4v) is 4.82. The van der Waals surface area contributed by atoms with E-state index in [1.807, 2.05) is 43.5 Å². The second-order valence-corrected chi connectivity index (χ2v) is 9.16. The number of hydrogen-bond acceptors (Lipinski definition) is 5. The number of nitrogens with zero attached hydrogens (tertiary/aromatic N) is 3. The zero-order chi connectivity index (χ0) is 25.2. The largest absolute Gasteiger partial charge is 0.493 e. The molecule has 5 rings (SSSR count). The van der Waals surface area contributed by atoms with Crippen LogP contribution in [0.25, 0.3) is 5.52 Å². The number of carbonyl (C=O) groups excluding carboxylic acids is 1. The molecule has 8 nitrogen and oxygen atoms in total. The van der Waals surface area contributed by atoms with Gasteiger partial charge in [-0.3, -0.25) is 9.59 Å². The number of aromatic nitrogens is 3. The van der Waals surface area contributed by atoms with Crippen LogP contribution < -0.4 is 20.3 Å². The van der Waals surface area contributed by atoms with Gasteiger partial charge >= 0.3 is 0 Å². The van der Waals surface area contributed by atoms with E-state index in [1.165, 1.54) is 0 Å². The third-order valence-electron chi connectivity index (χ3n) is 6.86. The van der Waals surface area contributed by atoms with Crippen LogP contribution in [-0.2, 0) is 19.4 Å². The number of amides is 1. The molecule has 4 aromatic rings. The van der Waals surface area contributed by atoms with Gasteiger partial charge in [-0.1, -0.05) is 18.2 Å². The number of aryl methyl sites for hydroxylation is 2. The third kappa shape index (κ3) is 4.46. The highest BCUT2D eigenvalue weighted by Gasteiger charge is 2.20. The van der Waals surface area contributed by atoms with Crippen LogP contribution in [0.4, 0.5) is 0 Å². The fraction of sp³-hybridized carbons (Fsp3) is 0.321. The van der Waals surface area contributed by atoms with Gasteiger partial charge in [0.05, 0.1) is 32.5 Å². The maximum Gasteiger partial charge on any atom is 0.277 e. The number of hydrogen-bond donors (Lipinski definition) is 1. The summed E-state index contributed by atoms with van der Waals surface area (Å²) >= 11 is 0. The molecular formula is C28H30N4O4. The van der Waals surface area contributed by atoms with E-state index in [9.17, 15) is 9.59 Å². The molecule has 186 valence electrons. The minimum atomic E-state index is -0.219. The van der Waals surface area contributed by atoms with E-state index in [0.29, 0.717) is 29.1 Å². The Kier molecular flexibility index (Phi) is 6.50. The van der Waals surface area contributed by atoms with E-state index in [4.69, 9.17) is 9.47 Å². The van der Waals surface area contributed by atoms with Gasteiger partial charge < -0.3 is 19.4 Å². The maximum absolute atomic E-state index is 13.2. The first-order chi connectivity index (χ1) is 17.5. The molecule has 1 aliphatic rings. The molecule has 1 aliphatic carbocycles. The lowest BCUT2D eigenvalue weighted by atomic mass is 9.97. The van der Waals surface area contributed by atoms with Crippen molar-refractivity contribution in [2.24, 2.45) is 0 Å². The number of methoxy groups -OCH3 is 2. The van der Waals surface area contributed by atoms with Gasteiger partial charge in [-0.2, -0.15) is 5.10 Å². The van der Waals surface area contributed by atoms with Crippen LogP contribution in [0.1, 0.15) is 58.5 Å². The average Bonchev–Trinajstić information content (AvgIpc) is 3.29. The van der Waals surface area contributed by atoms with Crippen molar-refractivity contribution >= 4 is 11.4 Å². The molecule has 0 saturated heterocycles. The molecule has 1 atom stereocenters. The zero-order valence-electron chi connectivity index (χ0n) is 20.8. The second-order valence-electron chi connectivity index (χ2n) is 9.16. The van der Waals surface area contributed by atoms with Crippen molar-refractivity contribution < 1.29 is 14.3 Å². The number of nitrogens with one attached hydrogen (secondary N) is 1. The van der Waals surface area contributed by atoms with Crippen molar-refractivity contribution in [3.8, 4) is 11.5 Å². The predicted molar refractivity (Wildman–Crippen MR) is 137 cm³/mol. The first-order valence-electron chi connectivity index (χ1n) is 12.2. The number of carbonyl (C=O) groups is 1. The van der Waals surface area contributed by atoms with Crippen LogP contribution in [0.2, 0.25) is 0 Å². The highest BCUT2D eigenvalue weighted by molar-refractivity contribution is 5.94. The van der Waals surface area contributed by atoms with Crippen molar-refractivity contribution in [3.63, 3.8) is 0 Å². The molecule has 0 spiro atoms. The van der Waals surface area contributed by atoms with Crippen LogP contribution in [-0.4, -0.2) is 34.3 Å². The van der Waals surface area contributed by atoms with Gasteiger partial charge in [-0.25, -0.2) is 4.52 Å². The quantitative estimate of drug-likeness (QED) is 0.428. The van der Waals surface area contributed by atoms with Crippen molar-refractivity contribution in [1.82, 2.24) is 19.5 Å². The predicted octanol–water partition coefficient (Wildman–Crippen LogP) is 3.93. The van der Waals surface area contributed by atoms with Crippen molar-refractivity contribution in [3.05, 3.63) is 93.2 Å². The zero-order valence-corrected chi connectivity index (χ0v) is 20.8. The Labute approximate surface area is 209 Å². The summed E-state index contributed by atoms with van der Waals surface area (Å²) in [6, 6.07) is 12.7. The Morgan fingerprint density at radius 3 is 2.53 bits per heavy atom. The first-order valence-corrected chi connectivity index (χ1v) is 12.2. The highest BCUT2D eigenvalue weighted by atomic mass is 16.5. The van der Waals surface area contributed by atoms with Gasteiger partial charge in [-0.15, -0.1) is 0 Å². The monoisotopic (exact) mass is 486 g/mol. The van der Waals surface area contributed by atoms with E-state index in [-0.39, 0.29) is 17.5 Å². The van der Waals surface area contributed by atoms with Crippen molar-refractivity contribution in [2.75, 3.05) is 14.2 Å². The summed E-state index contributed by atoms with van der Waals surface area (Å²) in [6.07, 6.45) is 7.69. The van der Waals surface area contributed by atoms with E-state index < -0.39 is 0 Å². The van der Waals surface area contributed by atoms with Crippen molar-refractivity contribution in [2.45, 2.75) is 45.2 Å². The summed E-state index contributed by atoms with van der Waals surface area (Å²) in [5.41, 5.74) is 5.21. The lowest BCUT2D eigenvalue weighted by Gasteiger charge is -2.17. The van der Waals surface area contributed by atoms with Crippen LogP contribution in [0.5, 0.6) is 11.5 Å². The van der Waals surface area contributed by atoms with Gasteiger partial charge in [0, 0.05) is 23.5 Å². The Morgan fingerprint density at radius 2 is 1.78 bits per heavy atom. The van der Waals surface area contributed by atoms with E-state index in [0.717, 1.165) is 48.1 Å². The second kappa shape index (κ2) is 9.89. The molecule has 2 aromatic carbocycles. The molecule has 1 amide bonds. The topological polar surface area (TPSA) is 86.9 Å². The van der Waals surface area contributed by atoms with E-state index in [1.54, 1.807) is 41.6 Å². The lowest BCUT2D eigenvalue weighted by molar-refractivity contribution is 0.0940. The van der Waals surface area contributed by atoms with Crippen molar-refractivity contribution in [1.29, 1.82) is 0 Å². The molecule has 8 heteroatoms. The summed E-state index contributed by atoms with van der Waals surface area (Å²) in [6.45, 7) is 2.35. The number of benzene rings is 2. The molecule has 0 radical (unpaired) electrons. The van der Waals surface area contributed by atoms with Gasteiger partial charge in [0.25, 0.3) is 11.5 Å². The minimum absolute atomic E-state index is 0.0290. The molecule has 2 aromatic heterocycles. The first kappa shape index (κ1) is 23.7. The van der Waals surface area contributed by atoms with Crippen LogP contribution in [0.3, 0.4) is 0 Å². The molecule has 0 bridgehead atoms. The molecule has 2 heterocycles. The fourth-order valence-electron chi connectivity index (χ4n) is 4.82. The number of rotatable bonds is 7. The lowest BCUT2D eigenvalue weighted by Crippen LogP contribution is -2.26. The Hall–Kier alpha value is -4.07. The maximum atomic E-state index is 13.2. The molecule has 0 unspecified atom stereocenters. The van der Waals surface area contributed by atoms with E-state index >= 15 is 0 Å². The highest BCUT2D eigenvalue weighted by Crippen LogP contribution is 2.30. The summed E-state index contributed by atoms with van der Waals surface area (Å²) in [4.78, 5) is 26.1. The third-order valence-corrected chi connectivity index (χ3v) is 6.86. The summed E-state index contributed by atoms with van der Waals surface area (Å²) in [5.74, 6) is 1.08. The van der Waals surface area contributed by atoms with Gasteiger partial charge in [0.2, 0.25) is 0 Å². The Balaban J connectivity index is 1.29. The number of fused-ring (bicyclic) bond motifs is 3. The summed E-state index contributed by atoms with van der Waals surface area (Å²) in [7, 11) is 3.17. The van der Waals surface area contributed by atoms with Crippen LogP contribution >= 0.6 is 0 Å². The minimum Gasteiger partial charge on any atom is -0.493 e. The molecule has 0 fully saturated rings. The molecule has 1 N–H and O–H groups in total. The summed E-state index contributed by atoms with van der Waals surface area (Å²) < 4.78 is 14.1. The standard InChI is InChI=1S/C28H30N4O4/c1-18(21-12-13-24(35-2)25(16-21)36-3)29-27(33)20-10-8-19(9-11-20)17-31-14-15-32-26(28(31)34)22-6-4-5-7-23(22)30-32/h8-16,18H,4-7,17H2,1-3H3,(H,29,33)/t18-/m1/s1. The Bertz CT molecular complexity index is 1470. The molecule has 0 aliphatic heterocycles. The van der Waals surface area contributed by atoms with Crippen LogP contribution in [0, 0.1) is 0 Å². The summed E-state index contributed by atoms with van der Waals surface area (Å²) in [5, 5.41) is 7.63. The number of ether oxygens (including phenoxy) is 2. The van der Waals surface area contributed by atoms with Gasteiger partial charge in [0.15, 0.2) is 11.5 Å². The van der Waals surface area contributed by atoms with Crippen LogP contribution in [0.15, 0.2) is 59.7 Å². The Morgan fingerprint density at radius 1 is 1.03 bits per heavy atom. The molecular weight excluding hydrogens is 456 g/mol. The van der Waals surface area contributed by atoms with E-state index in [2.05, 4.69) is 10.4 Å². The normalized spacial score (nSPS) is 13.8.